The molecule has 2 rings (SSSR count). The van der Waals surface area contributed by atoms with Gasteiger partial charge in [0, 0.05) is 32.1 Å². The number of rotatable bonds is 6. The molecular formula is C15H21F2NO2. The summed E-state index contributed by atoms with van der Waals surface area (Å²) in [4.78, 5) is 0. The molecule has 112 valence electrons. The van der Waals surface area contributed by atoms with Crippen molar-refractivity contribution in [3.8, 4) is 0 Å². The molecule has 0 aromatic heterocycles. The van der Waals surface area contributed by atoms with Crippen LogP contribution in [0.25, 0.3) is 0 Å². The summed E-state index contributed by atoms with van der Waals surface area (Å²) in [6, 6.07) is 3.36. The average molecular weight is 285 g/mol. The zero-order valence-electron chi connectivity index (χ0n) is 11.6. The number of halogens is 2. The molecule has 1 saturated carbocycles. The standard InChI is InChI=1S/C15H21F2NO2/c1-20-15(5-2-6-15)8-14(19)12(9-18)11-4-3-10(16)7-13(11)17/h3-4,7,12,14,19H,2,5-6,8-9,18H2,1H3. The van der Waals surface area contributed by atoms with Gasteiger partial charge in [-0.15, -0.1) is 0 Å². The van der Waals surface area contributed by atoms with Gasteiger partial charge in [0.1, 0.15) is 11.6 Å². The SMILES string of the molecule is COC1(CC(O)C(CN)c2ccc(F)cc2F)CCC1. The lowest BCUT2D eigenvalue weighted by Gasteiger charge is -2.43. The smallest absolute Gasteiger partial charge is 0.129 e. The Morgan fingerprint density at radius 3 is 2.55 bits per heavy atom. The topological polar surface area (TPSA) is 55.5 Å². The predicted molar refractivity (Wildman–Crippen MR) is 72.4 cm³/mol. The summed E-state index contributed by atoms with van der Waals surface area (Å²) in [6.07, 6.45) is 2.47. The van der Waals surface area contributed by atoms with Gasteiger partial charge in [0.15, 0.2) is 0 Å². The summed E-state index contributed by atoms with van der Waals surface area (Å²) in [6.45, 7) is 0.101. The summed E-state index contributed by atoms with van der Waals surface area (Å²) in [5, 5.41) is 10.4. The van der Waals surface area contributed by atoms with Crippen molar-refractivity contribution < 1.29 is 18.6 Å². The summed E-state index contributed by atoms with van der Waals surface area (Å²) in [7, 11) is 1.63. The number of aliphatic hydroxyl groups excluding tert-OH is 1. The predicted octanol–water partition coefficient (Wildman–Crippen LogP) is 2.33. The van der Waals surface area contributed by atoms with E-state index in [1.165, 1.54) is 12.1 Å². The van der Waals surface area contributed by atoms with Crippen molar-refractivity contribution in [2.75, 3.05) is 13.7 Å². The quantitative estimate of drug-likeness (QED) is 0.843. The first-order valence-electron chi connectivity index (χ1n) is 6.89. The number of ether oxygens (including phenoxy) is 1. The number of benzene rings is 1. The third-order valence-corrected chi connectivity index (χ3v) is 4.36. The normalized spacial score (nSPS) is 20.2. The first-order valence-corrected chi connectivity index (χ1v) is 6.89. The van der Waals surface area contributed by atoms with Gasteiger partial charge in [-0.3, -0.25) is 0 Å². The van der Waals surface area contributed by atoms with Gasteiger partial charge in [-0.1, -0.05) is 6.07 Å². The fourth-order valence-corrected chi connectivity index (χ4v) is 2.88. The van der Waals surface area contributed by atoms with E-state index in [2.05, 4.69) is 0 Å². The molecule has 3 nitrogen and oxygen atoms in total. The molecule has 0 saturated heterocycles. The second-order valence-corrected chi connectivity index (χ2v) is 5.52. The van der Waals surface area contributed by atoms with E-state index in [-0.39, 0.29) is 17.7 Å². The van der Waals surface area contributed by atoms with E-state index in [4.69, 9.17) is 10.5 Å². The average Bonchev–Trinajstić information content (AvgIpc) is 2.37. The van der Waals surface area contributed by atoms with Crippen LogP contribution in [0, 0.1) is 11.6 Å². The lowest BCUT2D eigenvalue weighted by atomic mass is 9.73. The van der Waals surface area contributed by atoms with Crippen molar-refractivity contribution in [2.45, 2.75) is 43.3 Å². The Morgan fingerprint density at radius 2 is 2.10 bits per heavy atom. The lowest BCUT2D eigenvalue weighted by Crippen LogP contribution is -2.44. The van der Waals surface area contributed by atoms with Gasteiger partial charge in [0.2, 0.25) is 0 Å². The van der Waals surface area contributed by atoms with Crippen molar-refractivity contribution in [1.82, 2.24) is 0 Å². The molecule has 0 aliphatic heterocycles. The molecule has 1 aromatic rings. The molecule has 0 radical (unpaired) electrons. The van der Waals surface area contributed by atoms with E-state index < -0.39 is 23.7 Å². The molecule has 0 heterocycles. The van der Waals surface area contributed by atoms with Crippen molar-refractivity contribution in [2.24, 2.45) is 5.73 Å². The molecule has 1 aliphatic carbocycles. The van der Waals surface area contributed by atoms with Gasteiger partial charge >= 0.3 is 0 Å². The molecule has 1 fully saturated rings. The fourth-order valence-electron chi connectivity index (χ4n) is 2.88. The van der Waals surface area contributed by atoms with Gasteiger partial charge in [-0.05, 0) is 30.9 Å². The van der Waals surface area contributed by atoms with Crippen LogP contribution in [0.1, 0.15) is 37.2 Å². The summed E-state index contributed by atoms with van der Waals surface area (Å²) < 4.78 is 32.2. The van der Waals surface area contributed by atoms with Crippen molar-refractivity contribution in [3.05, 3.63) is 35.4 Å². The van der Waals surface area contributed by atoms with Crippen LogP contribution in [0.2, 0.25) is 0 Å². The number of hydrogen-bond acceptors (Lipinski definition) is 3. The van der Waals surface area contributed by atoms with Gasteiger partial charge in [-0.25, -0.2) is 8.78 Å². The van der Waals surface area contributed by atoms with Crippen LogP contribution >= 0.6 is 0 Å². The minimum Gasteiger partial charge on any atom is -0.392 e. The van der Waals surface area contributed by atoms with Crippen LogP contribution in [0.4, 0.5) is 8.78 Å². The monoisotopic (exact) mass is 285 g/mol. The Hall–Kier alpha value is -1.04. The Kier molecular flexibility index (Phi) is 4.73. The maximum absolute atomic E-state index is 13.8. The van der Waals surface area contributed by atoms with E-state index in [1.807, 2.05) is 0 Å². The summed E-state index contributed by atoms with van der Waals surface area (Å²) in [5.41, 5.74) is 5.61. The molecular weight excluding hydrogens is 264 g/mol. The van der Waals surface area contributed by atoms with E-state index >= 15 is 0 Å². The minimum absolute atomic E-state index is 0.101. The number of nitrogens with two attached hydrogens (primary N) is 1. The number of hydrogen-bond donors (Lipinski definition) is 2. The Balaban J connectivity index is 2.14. The van der Waals surface area contributed by atoms with E-state index in [0.717, 1.165) is 25.3 Å². The molecule has 2 atom stereocenters. The van der Waals surface area contributed by atoms with E-state index in [9.17, 15) is 13.9 Å². The molecule has 20 heavy (non-hydrogen) atoms. The third kappa shape index (κ3) is 3.00. The Labute approximate surface area is 117 Å². The second kappa shape index (κ2) is 6.16. The Morgan fingerprint density at radius 1 is 1.40 bits per heavy atom. The molecule has 2 unspecified atom stereocenters. The first kappa shape index (κ1) is 15.4. The van der Waals surface area contributed by atoms with Gasteiger partial charge in [0.05, 0.1) is 11.7 Å². The molecule has 1 aromatic carbocycles. The molecule has 0 spiro atoms. The zero-order valence-corrected chi connectivity index (χ0v) is 11.6. The summed E-state index contributed by atoms with van der Waals surface area (Å²) in [5.74, 6) is -1.85. The Bertz CT molecular complexity index is 458. The summed E-state index contributed by atoms with van der Waals surface area (Å²) >= 11 is 0. The van der Waals surface area contributed by atoms with Gasteiger partial charge in [-0.2, -0.15) is 0 Å². The zero-order chi connectivity index (χ0) is 14.8. The highest BCUT2D eigenvalue weighted by molar-refractivity contribution is 5.24. The maximum Gasteiger partial charge on any atom is 0.129 e. The molecule has 0 bridgehead atoms. The molecule has 5 heteroatoms. The maximum atomic E-state index is 13.8. The second-order valence-electron chi connectivity index (χ2n) is 5.52. The highest BCUT2D eigenvalue weighted by Crippen LogP contribution is 2.41. The minimum atomic E-state index is -0.805. The third-order valence-electron chi connectivity index (χ3n) is 4.36. The number of aliphatic hydroxyl groups is 1. The van der Waals surface area contributed by atoms with Crippen LogP contribution in [-0.2, 0) is 4.74 Å². The highest BCUT2D eigenvalue weighted by Gasteiger charge is 2.40. The van der Waals surface area contributed by atoms with Gasteiger partial charge in [0.25, 0.3) is 0 Å². The van der Waals surface area contributed by atoms with Crippen molar-refractivity contribution >= 4 is 0 Å². The van der Waals surface area contributed by atoms with Crippen LogP contribution in [0.5, 0.6) is 0 Å². The molecule has 3 N–H and O–H groups in total. The van der Waals surface area contributed by atoms with Crippen LogP contribution in [0.3, 0.4) is 0 Å². The lowest BCUT2D eigenvalue weighted by molar-refractivity contribution is -0.102. The largest absolute Gasteiger partial charge is 0.392 e. The molecule has 1 aliphatic rings. The van der Waals surface area contributed by atoms with Crippen LogP contribution in [-0.4, -0.2) is 30.5 Å². The van der Waals surface area contributed by atoms with E-state index in [1.54, 1.807) is 7.11 Å². The van der Waals surface area contributed by atoms with E-state index in [0.29, 0.717) is 6.42 Å². The molecule has 0 amide bonds. The first-order chi connectivity index (χ1) is 9.51. The van der Waals surface area contributed by atoms with Crippen LogP contribution in [0.15, 0.2) is 18.2 Å². The van der Waals surface area contributed by atoms with Gasteiger partial charge < -0.3 is 15.6 Å². The van der Waals surface area contributed by atoms with Crippen molar-refractivity contribution in [1.29, 1.82) is 0 Å². The fraction of sp³-hybridized carbons (Fsp3) is 0.600. The number of methoxy groups -OCH3 is 1. The van der Waals surface area contributed by atoms with Crippen molar-refractivity contribution in [3.63, 3.8) is 0 Å². The van der Waals surface area contributed by atoms with Crippen LogP contribution < -0.4 is 5.73 Å². The highest BCUT2D eigenvalue weighted by atomic mass is 19.1.